The summed E-state index contributed by atoms with van der Waals surface area (Å²) in [6.45, 7) is 17.5. The standard InChI is InChI=1S/2C6H5N3.2C5H12/c1-3-7-6-2-4-8-9(6)5-1;1-2-6-7-4-5-9(6)8-3-1;2*1-5(2,3)4/h2*1-5H;2*1-4H3. The molecule has 0 saturated carbocycles. The summed E-state index contributed by atoms with van der Waals surface area (Å²) in [6.07, 6.45) is 10.6. The topological polar surface area (TPSA) is 60.4 Å². The molecule has 0 radical (unpaired) electrons. The second-order valence-electron chi connectivity index (χ2n) is 9.51. The molecule has 0 aliphatic rings. The smallest absolute Gasteiger partial charge is 0.154 e. The Bertz CT molecular complexity index is 775. The van der Waals surface area contributed by atoms with Crippen molar-refractivity contribution in [3.05, 3.63) is 61.4 Å². The summed E-state index contributed by atoms with van der Waals surface area (Å²) >= 11 is 0. The molecule has 0 unspecified atom stereocenters. The van der Waals surface area contributed by atoms with Crippen molar-refractivity contribution in [1.82, 2.24) is 29.2 Å². The molecular weight excluding hydrogens is 348 g/mol. The molecule has 28 heavy (non-hydrogen) atoms. The van der Waals surface area contributed by atoms with E-state index in [1.807, 2.05) is 36.7 Å². The third-order valence-corrected chi connectivity index (χ3v) is 2.34. The first-order valence-corrected chi connectivity index (χ1v) is 9.42. The van der Waals surface area contributed by atoms with Gasteiger partial charge in [-0.25, -0.2) is 19.0 Å². The first kappa shape index (κ1) is 23.3. The molecule has 6 nitrogen and oxygen atoms in total. The molecule has 4 rings (SSSR count). The molecule has 0 aromatic carbocycles. The van der Waals surface area contributed by atoms with Crippen molar-refractivity contribution in [2.45, 2.75) is 55.4 Å². The Hall–Kier alpha value is -2.76. The van der Waals surface area contributed by atoms with Gasteiger partial charge in [-0.2, -0.15) is 10.2 Å². The predicted molar refractivity (Wildman–Crippen MR) is 116 cm³/mol. The Morgan fingerprint density at radius 1 is 0.571 bits per heavy atom. The zero-order valence-corrected chi connectivity index (χ0v) is 18.5. The average Bonchev–Trinajstić information content (AvgIpc) is 3.21. The summed E-state index contributed by atoms with van der Waals surface area (Å²) in [5.74, 6) is 0. The lowest BCUT2D eigenvalue weighted by atomic mass is 10.0. The molecule has 6 heteroatoms. The van der Waals surface area contributed by atoms with E-state index >= 15 is 0 Å². The molecule has 0 spiro atoms. The first-order chi connectivity index (χ1) is 12.9. The van der Waals surface area contributed by atoms with Gasteiger partial charge in [0.2, 0.25) is 0 Å². The van der Waals surface area contributed by atoms with Crippen LogP contribution < -0.4 is 0 Å². The minimum Gasteiger partial charge on any atom is -0.237 e. The quantitative estimate of drug-likeness (QED) is 0.399. The van der Waals surface area contributed by atoms with Gasteiger partial charge in [0, 0.05) is 37.1 Å². The van der Waals surface area contributed by atoms with Gasteiger partial charge in [-0.15, -0.1) is 0 Å². The summed E-state index contributed by atoms with van der Waals surface area (Å²) in [7, 11) is 0. The van der Waals surface area contributed by atoms with Crippen LogP contribution in [0, 0.1) is 10.8 Å². The fourth-order valence-corrected chi connectivity index (χ4v) is 1.53. The summed E-state index contributed by atoms with van der Waals surface area (Å²) in [4.78, 5) is 8.06. The lowest BCUT2D eigenvalue weighted by molar-refractivity contribution is 0.469. The van der Waals surface area contributed by atoms with Gasteiger partial charge in [0.15, 0.2) is 11.3 Å². The van der Waals surface area contributed by atoms with E-state index < -0.39 is 0 Å². The molecule has 0 amide bonds. The van der Waals surface area contributed by atoms with Crippen molar-refractivity contribution in [3.63, 3.8) is 0 Å². The molecule has 4 aromatic heterocycles. The summed E-state index contributed by atoms with van der Waals surface area (Å²) in [6, 6.07) is 7.48. The Morgan fingerprint density at radius 3 is 1.64 bits per heavy atom. The molecule has 4 aromatic rings. The van der Waals surface area contributed by atoms with Gasteiger partial charge in [-0.05, 0) is 29.0 Å². The normalized spacial score (nSPS) is 10.9. The van der Waals surface area contributed by atoms with Crippen molar-refractivity contribution in [3.8, 4) is 0 Å². The van der Waals surface area contributed by atoms with E-state index in [-0.39, 0.29) is 0 Å². The minimum absolute atomic E-state index is 0.500. The van der Waals surface area contributed by atoms with Crippen LogP contribution in [-0.2, 0) is 0 Å². The highest BCUT2D eigenvalue weighted by molar-refractivity contribution is 5.34. The molecule has 0 bridgehead atoms. The fraction of sp³-hybridized carbons (Fsp3) is 0.455. The fourth-order valence-electron chi connectivity index (χ4n) is 1.53. The van der Waals surface area contributed by atoms with Crippen molar-refractivity contribution >= 4 is 11.3 Å². The van der Waals surface area contributed by atoms with Crippen molar-refractivity contribution in [2.24, 2.45) is 10.8 Å². The molecule has 0 aliphatic heterocycles. The van der Waals surface area contributed by atoms with Gasteiger partial charge in [0.1, 0.15) is 0 Å². The zero-order valence-electron chi connectivity index (χ0n) is 18.5. The second kappa shape index (κ2) is 10.5. The van der Waals surface area contributed by atoms with Crippen LogP contribution in [0.1, 0.15) is 55.4 Å². The van der Waals surface area contributed by atoms with E-state index in [1.54, 1.807) is 33.8 Å². The van der Waals surface area contributed by atoms with Crippen LogP contribution in [0.5, 0.6) is 0 Å². The molecular formula is C22H34N6. The maximum atomic E-state index is 4.04. The van der Waals surface area contributed by atoms with E-state index in [9.17, 15) is 0 Å². The lowest BCUT2D eigenvalue weighted by Gasteiger charge is -2.05. The first-order valence-electron chi connectivity index (χ1n) is 9.42. The Morgan fingerprint density at radius 2 is 1.07 bits per heavy atom. The third-order valence-electron chi connectivity index (χ3n) is 2.34. The van der Waals surface area contributed by atoms with Crippen LogP contribution in [0.3, 0.4) is 0 Å². The van der Waals surface area contributed by atoms with Crippen molar-refractivity contribution < 1.29 is 0 Å². The van der Waals surface area contributed by atoms with Gasteiger partial charge >= 0.3 is 0 Å². The predicted octanol–water partition coefficient (Wildman–Crippen LogP) is 5.56. The van der Waals surface area contributed by atoms with Crippen molar-refractivity contribution in [1.29, 1.82) is 0 Å². The van der Waals surface area contributed by atoms with E-state index in [0.29, 0.717) is 10.8 Å². The summed E-state index contributed by atoms with van der Waals surface area (Å²) in [5.41, 5.74) is 2.77. The average molecular weight is 383 g/mol. The van der Waals surface area contributed by atoms with Gasteiger partial charge in [-0.3, -0.25) is 0 Å². The second-order valence-corrected chi connectivity index (χ2v) is 9.51. The summed E-state index contributed by atoms with van der Waals surface area (Å²) < 4.78 is 3.44. The van der Waals surface area contributed by atoms with Gasteiger partial charge < -0.3 is 0 Å². The Labute approximate surface area is 168 Å². The number of imidazole rings is 1. The lowest BCUT2D eigenvalue weighted by Crippen LogP contribution is -1.93. The van der Waals surface area contributed by atoms with Crippen LogP contribution >= 0.6 is 0 Å². The number of hydrogen-bond donors (Lipinski definition) is 0. The van der Waals surface area contributed by atoms with Crippen LogP contribution in [0.15, 0.2) is 61.4 Å². The molecule has 0 N–H and O–H groups in total. The highest BCUT2D eigenvalue weighted by atomic mass is 15.2. The molecule has 0 saturated heterocycles. The maximum absolute atomic E-state index is 4.04. The summed E-state index contributed by atoms with van der Waals surface area (Å²) in [5, 5.41) is 7.97. The van der Waals surface area contributed by atoms with E-state index in [4.69, 9.17) is 0 Å². The molecule has 152 valence electrons. The van der Waals surface area contributed by atoms with E-state index in [2.05, 4.69) is 75.6 Å². The molecule has 0 fully saturated rings. The van der Waals surface area contributed by atoms with E-state index in [0.717, 1.165) is 11.3 Å². The largest absolute Gasteiger partial charge is 0.237 e. The number of hydrogen-bond acceptors (Lipinski definition) is 4. The highest BCUT2D eigenvalue weighted by Crippen LogP contribution is 2.08. The number of rotatable bonds is 0. The van der Waals surface area contributed by atoms with Crippen LogP contribution in [-0.4, -0.2) is 29.2 Å². The highest BCUT2D eigenvalue weighted by Gasteiger charge is 1.96. The van der Waals surface area contributed by atoms with Crippen LogP contribution in [0.25, 0.3) is 11.3 Å². The van der Waals surface area contributed by atoms with Gasteiger partial charge in [0.05, 0.1) is 6.20 Å². The number of aromatic nitrogens is 6. The Kier molecular flexibility index (Phi) is 8.76. The number of fused-ring (bicyclic) bond motifs is 2. The molecule has 4 heterocycles. The van der Waals surface area contributed by atoms with Crippen molar-refractivity contribution in [2.75, 3.05) is 0 Å². The SMILES string of the molecule is CC(C)(C)C.CC(C)(C)C.c1cnc2ccnn2c1.c1cnn2ccnc2c1. The monoisotopic (exact) mass is 382 g/mol. The maximum Gasteiger partial charge on any atom is 0.154 e. The van der Waals surface area contributed by atoms with Crippen LogP contribution in [0.4, 0.5) is 0 Å². The van der Waals surface area contributed by atoms with E-state index in [1.165, 1.54) is 0 Å². The van der Waals surface area contributed by atoms with Gasteiger partial charge in [0.25, 0.3) is 0 Å². The number of nitrogens with zero attached hydrogens (tertiary/aromatic N) is 6. The van der Waals surface area contributed by atoms with Crippen LogP contribution in [0.2, 0.25) is 0 Å². The zero-order chi connectivity index (χ0) is 21.2. The minimum atomic E-state index is 0.500. The molecule has 0 atom stereocenters. The molecule has 0 aliphatic carbocycles. The van der Waals surface area contributed by atoms with Gasteiger partial charge in [-0.1, -0.05) is 55.4 Å². The Balaban J connectivity index is 0.000000196. The third kappa shape index (κ3) is 11.8.